The van der Waals surface area contributed by atoms with Crippen LogP contribution in [0.5, 0.6) is 11.5 Å². The molecule has 1 fully saturated rings. The molecular formula is C26H36N2O3. The number of hydrogen-bond donors (Lipinski definition) is 0. The average molecular weight is 425 g/mol. The van der Waals surface area contributed by atoms with E-state index >= 15 is 0 Å². The van der Waals surface area contributed by atoms with Crippen LogP contribution in [0.2, 0.25) is 0 Å². The summed E-state index contributed by atoms with van der Waals surface area (Å²) < 4.78 is 11.6. The minimum Gasteiger partial charge on any atom is -0.493 e. The fourth-order valence-corrected chi connectivity index (χ4v) is 3.78. The Labute approximate surface area is 187 Å². The zero-order valence-corrected chi connectivity index (χ0v) is 18.8. The number of benzene rings is 2. The van der Waals surface area contributed by atoms with E-state index in [1.165, 1.54) is 31.2 Å². The number of carbonyl (C=O) groups is 1. The number of ether oxygens (including phenoxy) is 2. The van der Waals surface area contributed by atoms with Crippen LogP contribution in [-0.4, -0.2) is 55.1 Å². The molecule has 1 amide bonds. The van der Waals surface area contributed by atoms with Crippen molar-refractivity contribution in [3.8, 4) is 11.5 Å². The lowest BCUT2D eigenvalue weighted by Crippen LogP contribution is -2.49. The van der Waals surface area contributed by atoms with Crippen LogP contribution in [0.4, 0.5) is 0 Å². The molecule has 1 aliphatic heterocycles. The van der Waals surface area contributed by atoms with Crippen molar-refractivity contribution in [1.82, 2.24) is 9.80 Å². The molecule has 0 N–H and O–H groups in total. The second-order valence-electron chi connectivity index (χ2n) is 8.17. The lowest BCUT2D eigenvalue weighted by atomic mass is 10.2. The van der Waals surface area contributed by atoms with Crippen molar-refractivity contribution in [2.24, 2.45) is 0 Å². The van der Waals surface area contributed by atoms with E-state index in [0.29, 0.717) is 5.75 Å². The van der Waals surface area contributed by atoms with Gasteiger partial charge in [0, 0.05) is 38.8 Å². The maximum absolute atomic E-state index is 12.6. The number of amides is 1. The van der Waals surface area contributed by atoms with E-state index < -0.39 is 0 Å². The molecule has 0 aliphatic carbocycles. The molecule has 5 nitrogen and oxygen atoms in total. The highest BCUT2D eigenvalue weighted by atomic mass is 16.5. The molecule has 0 radical (unpaired) electrons. The number of nitrogens with zero attached hydrogens (tertiary/aromatic N) is 2. The molecule has 2 aromatic carbocycles. The van der Waals surface area contributed by atoms with Crippen molar-refractivity contribution in [1.29, 1.82) is 0 Å². The van der Waals surface area contributed by atoms with E-state index in [2.05, 4.69) is 36.1 Å². The van der Waals surface area contributed by atoms with Crippen molar-refractivity contribution < 1.29 is 14.3 Å². The van der Waals surface area contributed by atoms with Crippen LogP contribution in [0.3, 0.4) is 0 Å². The largest absolute Gasteiger partial charge is 0.493 e. The number of piperazine rings is 1. The fraction of sp³-hybridized carbons (Fsp3) is 0.500. The Balaban J connectivity index is 1.35. The van der Waals surface area contributed by atoms with Crippen LogP contribution >= 0.6 is 0 Å². The number of hydrogen-bond acceptors (Lipinski definition) is 4. The van der Waals surface area contributed by atoms with Crippen LogP contribution in [0, 0.1) is 0 Å². The van der Waals surface area contributed by atoms with E-state index in [4.69, 9.17) is 9.47 Å². The Morgan fingerprint density at radius 3 is 2.29 bits per heavy atom. The van der Waals surface area contributed by atoms with Crippen molar-refractivity contribution in [2.75, 3.05) is 39.4 Å². The van der Waals surface area contributed by atoms with E-state index in [9.17, 15) is 4.79 Å². The maximum atomic E-state index is 12.6. The van der Waals surface area contributed by atoms with Gasteiger partial charge in [-0.1, -0.05) is 69.0 Å². The summed E-state index contributed by atoms with van der Waals surface area (Å²) >= 11 is 0. The highest BCUT2D eigenvalue weighted by Gasteiger charge is 2.21. The fourth-order valence-electron chi connectivity index (χ4n) is 3.78. The minimum atomic E-state index is 0.0432. The SMILES string of the molecule is CCCCCCCOc1cccc(OCC(=O)N2CCN(Cc3ccccc3)CC2)c1. The monoisotopic (exact) mass is 424 g/mol. The van der Waals surface area contributed by atoms with Gasteiger partial charge in [-0.15, -0.1) is 0 Å². The predicted octanol–water partition coefficient (Wildman–Crippen LogP) is 4.76. The molecule has 1 saturated heterocycles. The van der Waals surface area contributed by atoms with Gasteiger partial charge in [-0.3, -0.25) is 9.69 Å². The van der Waals surface area contributed by atoms with Gasteiger partial charge < -0.3 is 14.4 Å². The second kappa shape index (κ2) is 13.0. The summed E-state index contributed by atoms with van der Waals surface area (Å²) in [6.07, 6.45) is 6.09. The zero-order chi connectivity index (χ0) is 21.7. The smallest absolute Gasteiger partial charge is 0.260 e. The molecule has 0 saturated carbocycles. The normalized spacial score (nSPS) is 14.4. The molecule has 168 valence electrons. The third-order valence-corrected chi connectivity index (χ3v) is 5.66. The molecule has 0 aromatic heterocycles. The second-order valence-corrected chi connectivity index (χ2v) is 8.17. The molecule has 0 spiro atoms. The average Bonchev–Trinajstić information content (AvgIpc) is 2.81. The van der Waals surface area contributed by atoms with Crippen molar-refractivity contribution in [2.45, 2.75) is 45.6 Å². The first-order chi connectivity index (χ1) is 15.2. The van der Waals surface area contributed by atoms with Gasteiger partial charge in [0.25, 0.3) is 5.91 Å². The summed E-state index contributed by atoms with van der Waals surface area (Å²) in [7, 11) is 0. The Bertz CT molecular complexity index is 773. The lowest BCUT2D eigenvalue weighted by Gasteiger charge is -2.34. The third kappa shape index (κ3) is 8.25. The minimum absolute atomic E-state index is 0.0432. The standard InChI is InChI=1S/C26H36N2O3/c1-2-3-4-5-9-19-30-24-13-10-14-25(20-24)31-22-26(29)28-17-15-27(16-18-28)21-23-11-7-6-8-12-23/h6-8,10-14,20H,2-5,9,15-19,21-22H2,1H3. The number of rotatable bonds is 12. The van der Waals surface area contributed by atoms with E-state index in [0.717, 1.165) is 51.5 Å². The first-order valence-electron chi connectivity index (χ1n) is 11.6. The first kappa shape index (κ1) is 23.1. The molecule has 0 unspecified atom stereocenters. The predicted molar refractivity (Wildman–Crippen MR) is 124 cm³/mol. The van der Waals surface area contributed by atoms with Crippen LogP contribution in [-0.2, 0) is 11.3 Å². The van der Waals surface area contributed by atoms with Gasteiger partial charge in [0.15, 0.2) is 6.61 Å². The Kier molecular flexibility index (Phi) is 9.71. The molecule has 3 rings (SSSR count). The molecule has 5 heteroatoms. The van der Waals surface area contributed by atoms with Gasteiger partial charge in [-0.25, -0.2) is 0 Å². The Hall–Kier alpha value is -2.53. The van der Waals surface area contributed by atoms with Crippen molar-refractivity contribution in [3.05, 3.63) is 60.2 Å². The van der Waals surface area contributed by atoms with Gasteiger partial charge in [0.2, 0.25) is 0 Å². The zero-order valence-electron chi connectivity index (χ0n) is 18.8. The molecule has 1 aliphatic rings. The molecular weight excluding hydrogens is 388 g/mol. The molecule has 1 heterocycles. The van der Waals surface area contributed by atoms with Gasteiger partial charge in [0.1, 0.15) is 11.5 Å². The van der Waals surface area contributed by atoms with E-state index in [1.807, 2.05) is 35.2 Å². The summed E-state index contributed by atoms with van der Waals surface area (Å²) in [5, 5.41) is 0. The lowest BCUT2D eigenvalue weighted by molar-refractivity contribution is -0.135. The first-order valence-corrected chi connectivity index (χ1v) is 11.6. The molecule has 2 aromatic rings. The van der Waals surface area contributed by atoms with Crippen molar-refractivity contribution >= 4 is 5.91 Å². The quantitative estimate of drug-likeness (QED) is 0.461. The summed E-state index contributed by atoms with van der Waals surface area (Å²) in [6.45, 7) is 7.22. The van der Waals surface area contributed by atoms with Crippen LogP contribution < -0.4 is 9.47 Å². The number of unbranched alkanes of at least 4 members (excludes halogenated alkanes) is 4. The molecule has 0 atom stereocenters. The highest BCUT2D eigenvalue weighted by molar-refractivity contribution is 5.77. The van der Waals surface area contributed by atoms with E-state index in [1.54, 1.807) is 0 Å². The molecule has 0 bridgehead atoms. The van der Waals surface area contributed by atoms with Crippen LogP contribution in [0.15, 0.2) is 54.6 Å². The maximum Gasteiger partial charge on any atom is 0.260 e. The third-order valence-electron chi connectivity index (χ3n) is 5.66. The van der Waals surface area contributed by atoms with Gasteiger partial charge >= 0.3 is 0 Å². The number of carbonyl (C=O) groups excluding carboxylic acids is 1. The van der Waals surface area contributed by atoms with Gasteiger partial charge in [-0.05, 0) is 24.1 Å². The summed E-state index contributed by atoms with van der Waals surface area (Å²) in [5.41, 5.74) is 1.31. The van der Waals surface area contributed by atoms with Gasteiger partial charge in [-0.2, -0.15) is 0 Å². The molecule has 31 heavy (non-hydrogen) atoms. The Morgan fingerprint density at radius 1 is 0.839 bits per heavy atom. The summed E-state index contributed by atoms with van der Waals surface area (Å²) in [4.78, 5) is 16.9. The summed E-state index contributed by atoms with van der Waals surface area (Å²) in [6, 6.07) is 18.1. The van der Waals surface area contributed by atoms with Crippen molar-refractivity contribution in [3.63, 3.8) is 0 Å². The van der Waals surface area contributed by atoms with Crippen LogP contribution in [0.25, 0.3) is 0 Å². The highest BCUT2D eigenvalue weighted by Crippen LogP contribution is 2.20. The van der Waals surface area contributed by atoms with E-state index in [-0.39, 0.29) is 12.5 Å². The summed E-state index contributed by atoms with van der Waals surface area (Å²) in [5.74, 6) is 1.52. The topological polar surface area (TPSA) is 42.0 Å². The van der Waals surface area contributed by atoms with Gasteiger partial charge in [0.05, 0.1) is 6.61 Å². The van der Waals surface area contributed by atoms with Crippen LogP contribution in [0.1, 0.15) is 44.6 Å². The Morgan fingerprint density at radius 2 is 1.55 bits per heavy atom.